The average Bonchev–Trinajstić information content (AvgIpc) is 2.89. The number of hydrogen-bond acceptors (Lipinski definition) is 4. The first kappa shape index (κ1) is 15.1. The first-order valence-electron chi connectivity index (χ1n) is 4.78. The van der Waals surface area contributed by atoms with Crippen LogP contribution in [0.1, 0.15) is 9.67 Å². The summed E-state index contributed by atoms with van der Waals surface area (Å²) in [5, 5.41) is 0.360. The summed E-state index contributed by atoms with van der Waals surface area (Å²) in [4.78, 5) is 11.6. The maximum Gasteiger partial charge on any atom is 0.365 e. The fourth-order valence-corrected chi connectivity index (χ4v) is 5.67. The lowest BCUT2D eigenvalue weighted by molar-refractivity contribution is 0.0692. The number of terminal acetylenes is 1. The number of halogens is 3. The Morgan fingerprint density at radius 2 is 1.95 bits per heavy atom. The molecule has 7 heteroatoms. The molecular formula is C13HBr2FO2S2. The third-order valence-electron chi connectivity index (χ3n) is 1.98. The highest BCUT2D eigenvalue weighted by Crippen LogP contribution is 2.45. The van der Waals surface area contributed by atoms with Crippen LogP contribution in [-0.2, 0) is 4.74 Å². The SMILES string of the molecule is C#CC#CC#COC(=O)c1sc2c(Br)sc(Br)c2c1F. The second kappa shape index (κ2) is 6.43. The maximum absolute atomic E-state index is 14.1. The molecule has 0 radical (unpaired) electrons. The zero-order valence-electron chi connectivity index (χ0n) is 9.34. The van der Waals surface area contributed by atoms with Gasteiger partial charge in [0.2, 0.25) is 0 Å². The van der Waals surface area contributed by atoms with Crippen LogP contribution in [0.4, 0.5) is 4.39 Å². The first-order valence-corrected chi connectivity index (χ1v) is 8.00. The topological polar surface area (TPSA) is 26.3 Å². The Kier molecular flexibility index (Phi) is 4.86. The average molecular weight is 432 g/mol. The lowest BCUT2D eigenvalue weighted by Gasteiger charge is -1.92. The molecule has 0 N–H and O–H groups in total. The molecule has 0 unspecified atom stereocenters. The van der Waals surface area contributed by atoms with E-state index in [1.165, 1.54) is 11.3 Å². The summed E-state index contributed by atoms with van der Waals surface area (Å²) in [6.07, 6.45) is 6.95. The zero-order valence-corrected chi connectivity index (χ0v) is 14.1. The van der Waals surface area contributed by atoms with Crippen LogP contribution in [0.15, 0.2) is 7.57 Å². The van der Waals surface area contributed by atoms with Crippen molar-refractivity contribution in [1.29, 1.82) is 0 Å². The van der Waals surface area contributed by atoms with Gasteiger partial charge in [-0.15, -0.1) is 29.1 Å². The Morgan fingerprint density at radius 3 is 2.60 bits per heavy atom. The van der Waals surface area contributed by atoms with Gasteiger partial charge in [0.05, 0.1) is 17.7 Å². The van der Waals surface area contributed by atoms with Gasteiger partial charge in [0.25, 0.3) is 0 Å². The van der Waals surface area contributed by atoms with Crippen molar-refractivity contribution in [3.8, 4) is 36.2 Å². The molecule has 2 rings (SSSR count). The Balaban J connectivity index is 2.31. The van der Waals surface area contributed by atoms with E-state index in [-0.39, 0.29) is 4.88 Å². The third kappa shape index (κ3) is 2.90. The van der Waals surface area contributed by atoms with Gasteiger partial charge in [-0.25, -0.2) is 9.18 Å². The first-order chi connectivity index (χ1) is 9.56. The van der Waals surface area contributed by atoms with Crippen LogP contribution in [0, 0.1) is 42.0 Å². The third-order valence-corrected chi connectivity index (χ3v) is 6.07. The van der Waals surface area contributed by atoms with Crippen molar-refractivity contribution in [3.63, 3.8) is 0 Å². The Labute approximate surface area is 138 Å². The molecule has 2 heterocycles. The molecule has 0 amide bonds. The van der Waals surface area contributed by atoms with Crippen molar-refractivity contribution in [2.45, 2.75) is 0 Å². The number of fused-ring (bicyclic) bond motifs is 1. The minimum atomic E-state index is -0.859. The summed E-state index contributed by atoms with van der Waals surface area (Å²) in [6, 6.07) is 0. The van der Waals surface area contributed by atoms with E-state index in [1.54, 1.807) is 0 Å². The molecule has 0 atom stereocenters. The molecule has 2 aromatic rings. The minimum Gasteiger partial charge on any atom is -0.367 e. The second-order valence-corrected chi connectivity index (χ2v) is 7.79. The number of esters is 1. The Morgan fingerprint density at radius 1 is 1.20 bits per heavy atom. The summed E-state index contributed by atoms with van der Waals surface area (Å²) in [5.41, 5.74) is 0. The number of hydrogen-bond donors (Lipinski definition) is 0. The lowest BCUT2D eigenvalue weighted by atomic mass is 10.3. The van der Waals surface area contributed by atoms with Gasteiger partial charge in [-0.1, -0.05) is 0 Å². The number of rotatable bonds is 1. The van der Waals surface area contributed by atoms with Crippen molar-refractivity contribution in [2.75, 3.05) is 0 Å². The molecule has 98 valence electrons. The van der Waals surface area contributed by atoms with Crippen molar-refractivity contribution in [1.82, 2.24) is 0 Å². The van der Waals surface area contributed by atoms with Crippen LogP contribution in [0.2, 0.25) is 0 Å². The molecule has 0 fully saturated rings. The molecule has 0 aromatic carbocycles. The van der Waals surface area contributed by atoms with E-state index in [2.05, 4.69) is 66.4 Å². The molecule has 2 aromatic heterocycles. The highest BCUT2D eigenvalue weighted by atomic mass is 79.9. The van der Waals surface area contributed by atoms with Crippen molar-refractivity contribution in [3.05, 3.63) is 18.3 Å². The number of thiophene rings is 2. The maximum atomic E-state index is 14.1. The monoisotopic (exact) mass is 430 g/mol. The molecule has 0 aliphatic rings. The summed E-state index contributed by atoms with van der Waals surface area (Å²) < 4.78 is 20.8. The van der Waals surface area contributed by atoms with E-state index in [9.17, 15) is 9.18 Å². The Hall–Kier alpha value is -1.30. The van der Waals surface area contributed by atoms with Gasteiger partial charge < -0.3 is 4.74 Å². The van der Waals surface area contributed by atoms with Crippen LogP contribution in [-0.4, -0.2) is 5.97 Å². The molecule has 0 spiro atoms. The second-order valence-electron chi connectivity index (χ2n) is 3.11. The minimum absolute atomic E-state index is 0.136. The summed E-state index contributed by atoms with van der Waals surface area (Å²) in [5.74, 6) is 7.30. The summed E-state index contributed by atoms with van der Waals surface area (Å²) in [6.45, 7) is 0. The van der Waals surface area contributed by atoms with Crippen LogP contribution in [0.25, 0.3) is 10.1 Å². The normalized spacial score (nSPS) is 9.10. The zero-order chi connectivity index (χ0) is 14.7. The Bertz CT molecular complexity index is 866. The molecule has 20 heavy (non-hydrogen) atoms. The van der Waals surface area contributed by atoms with E-state index < -0.39 is 11.8 Å². The summed E-state index contributed by atoms with van der Waals surface area (Å²) in [7, 11) is 0. The highest BCUT2D eigenvalue weighted by Gasteiger charge is 2.24. The molecule has 0 saturated carbocycles. The molecular weight excluding hydrogens is 431 g/mol. The van der Waals surface area contributed by atoms with Gasteiger partial charge in [-0.3, -0.25) is 0 Å². The van der Waals surface area contributed by atoms with Crippen LogP contribution >= 0.6 is 54.5 Å². The number of ether oxygens (including phenoxy) is 1. The molecule has 0 bridgehead atoms. The van der Waals surface area contributed by atoms with Crippen LogP contribution in [0.3, 0.4) is 0 Å². The largest absolute Gasteiger partial charge is 0.367 e. The summed E-state index contributed by atoms with van der Waals surface area (Å²) >= 11 is 8.89. The quantitative estimate of drug-likeness (QED) is 0.494. The smallest absolute Gasteiger partial charge is 0.365 e. The fraction of sp³-hybridized carbons (Fsp3) is 0. The van der Waals surface area contributed by atoms with Crippen molar-refractivity contribution >= 4 is 70.6 Å². The predicted molar refractivity (Wildman–Crippen MR) is 84.9 cm³/mol. The molecule has 2 nitrogen and oxygen atoms in total. The molecule has 0 saturated heterocycles. The molecule has 0 aliphatic heterocycles. The van der Waals surface area contributed by atoms with Crippen molar-refractivity contribution in [2.24, 2.45) is 0 Å². The number of carbonyl (C=O) groups excluding carboxylic acids is 1. The predicted octanol–water partition coefficient (Wildman–Crippen LogP) is 4.38. The number of carbonyl (C=O) groups is 1. The van der Waals surface area contributed by atoms with E-state index in [0.29, 0.717) is 13.9 Å². The van der Waals surface area contributed by atoms with Crippen LogP contribution < -0.4 is 0 Å². The standard InChI is InChI=1S/C13HBr2FO2S2/c1-2-3-4-5-6-18-13(17)10-8(16)7-9(19-10)12(15)20-11(7)14/h1H. The molecule has 0 aliphatic carbocycles. The van der Waals surface area contributed by atoms with Gasteiger partial charge in [-0.05, 0) is 43.7 Å². The fourth-order valence-electron chi connectivity index (χ4n) is 1.24. The van der Waals surface area contributed by atoms with E-state index in [1.807, 2.05) is 0 Å². The van der Waals surface area contributed by atoms with Gasteiger partial charge >= 0.3 is 5.97 Å². The van der Waals surface area contributed by atoms with E-state index in [4.69, 9.17) is 6.42 Å². The van der Waals surface area contributed by atoms with E-state index in [0.717, 1.165) is 15.1 Å². The van der Waals surface area contributed by atoms with Crippen molar-refractivity contribution < 1.29 is 13.9 Å². The van der Waals surface area contributed by atoms with Gasteiger partial charge in [0.15, 0.2) is 10.7 Å². The van der Waals surface area contributed by atoms with Crippen LogP contribution in [0.5, 0.6) is 0 Å². The van der Waals surface area contributed by atoms with Gasteiger partial charge in [0.1, 0.15) is 6.11 Å². The lowest BCUT2D eigenvalue weighted by Crippen LogP contribution is -2.00. The van der Waals surface area contributed by atoms with E-state index >= 15 is 0 Å². The highest BCUT2D eigenvalue weighted by molar-refractivity contribution is 9.12. The van der Waals surface area contributed by atoms with Gasteiger partial charge in [-0.2, -0.15) is 0 Å². The van der Waals surface area contributed by atoms with Gasteiger partial charge in [0, 0.05) is 11.8 Å².